The van der Waals surface area contributed by atoms with Crippen molar-refractivity contribution in [2.45, 2.75) is 6.61 Å². The van der Waals surface area contributed by atoms with Gasteiger partial charge in [0.05, 0.1) is 19.1 Å². The zero-order valence-corrected chi connectivity index (χ0v) is 12.7. The summed E-state index contributed by atoms with van der Waals surface area (Å²) in [6.07, 6.45) is 0. The van der Waals surface area contributed by atoms with E-state index in [1.165, 1.54) is 0 Å². The number of rotatable bonds is 5. The van der Waals surface area contributed by atoms with Crippen LogP contribution in [0.4, 0.5) is 0 Å². The van der Waals surface area contributed by atoms with Crippen LogP contribution in [0.1, 0.15) is 10.4 Å². The zero-order valence-electron chi connectivity index (χ0n) is 11.9. The van der Waals surface area contributed by atoms with Gasteiger partial charge in [0.1, 0.15) is 30.5 Å². The monoisotopic (exact) mass is 304 g/mol. The fourth-order valence-corrected chi connectivity index (χ4v) is 2.45. The number of thiophene rings is 1. The predicted octanol–water partition coefficient (Wildman–Crippen LogP) is 2.69. The van der Waals surface area contributed by atoms with Crippen molar-refractivity contribution in [3.63, 3.8) is 0 Å². The standard InChI is InChI=1S/C16H16O4S/c1-18-13-8-14(19-2)10-15(9-13)20-11-16-12(4-3-6-17)5-7-21-16/h5,7-10,17H,6,11H2,1-2H3. The highest BCUT2D eigenvalue weighted by atomic mass is 32.1. The molecule has 21 heavy (non-hydrogen) atoms. The second kappa shape index (κ2) is 7.58. The number of aliphatic hydroxyl groups is 1. The number of ether oxygens (including phenoxy) is 3. The van der Waals surface area contributed by atoms with Crippen molar-refractivity contribution < 1.29 is 19.3 Å². The first-order valence-corrected chi connectivity index (χ1v) is 7.16. The van der Waals surface area contributed by atoms with E-state index in [1.807, 2.05) is 11.4 Å². The molecule has 0 aliphatic carbocycles. The Morgan fingerprint density at radius 1 is 1.10 bits per heavy atom. The van der Waals surface area contributed by atoms with Gasteiger partial charge in [0, 0.05) is 23.8 Å². The lowest BCUT2D eigenvalue weighted by Crippen LogP contribution is -1.96. The highest BCUT2D eigenvalue weighted by Gasteiger charge is 2.06. The van der Waals surface area contributed by atoms with Gasteiger partial charge in [-0.2, -0.15) is 0 Å². The Kier molecular flexibility index (Phi) is 5.50. The normalized spacial score (nSPS) is 9.67. The first-order chi connectivity index (χ1) is 10.3. The smallest absolute Gasteiger partial charge is 0.127 e. The average molecular weight is 304 g/mol. The minimum absolute atomic E-state index is 0.150. The van der Waals surface area contributed by atoms with E-state index in [1.54, 1.807) is 43.8 Å². The lowest BCUT2D eigenvalue weighted by atomic mass is 10.2. The van der Waals surface area contributed by atoms with Crippen molar-refractivity contribution >= 4 is 11.3 Å². The molecular weight excluding hydrogens is 288 g/mol. The second-order valence-corrected chi connectivity index (χ2v) is 5.06. The minimum Gasteiger partial charge on any atom is -0.496 e. The maximum atomic E-state index is 8.75. The summed E-state index contributed by atoms with van der Waals surface area (Å²) in [6.45, 7) is 0.257. The van der Waals surface area contributed by atoms with Gasteiger partial charge < -0.3 is 19.3 Å². The van der Waals surface area contributed by atoms with Crippen LogP contribution >= 0.6 is 11.3 Å². The Balaban J connectivity index is 2.11. The first-order valence-electron chi connectivity index (χ1n) is 6.28. The largest absolute Gasteiger partial charge is 0.496 e. The molecule has 0 aliphatic heterocycles. The van der Waals surface area contributed by atoms with Gasteiger partial charge >= 0.3 is 0 Å². The number of methoxy groups -OCH3 is 2. The van der Waals surface area contributed by atoms with Gasteiger partial charge in [-0.05, 0) is 11.4 Å². The Morgan fingerprint density at radius 3 is 2.38 bits per heavy atom. The first kappa shape index (κ1) is 15.2. The van der Waals surface area contributed by atoms with Crippen LogP contribution in [0.25, 0.3) is 0 Å². The maximum absolute atomic E-state index is 8.75. The summed E-state index contributed by atoms with van der Waals surface area (Å²) in [5.41, 5.74) is 0.879. The summed E-state index contributed by atoms with van der Waals surface area (Å²) in [6, 6.07) is 7.30. The van der Waals surface area contributed by atoms with Gasteiger partial charge in [0.15, 0.2) is 0 Å². The highest BCUT2D eigenvalue weighted by molar-refractivity contribution is 7.10. The van der Waals surface area contributed by atoms with Crippen molar-refractivity contribution in [1.82, 2.24) is 0 Å². The van der Waals surface area contributed by atoms with Gasteiger partial charge in [0.2, 0.25) is 0 Å². The Hall–Kier alpha value is -2.16. The molecule has 1 aromatic carbocycles. The van der Waals surface area contributed by atoms with Crippen LogP contribution in [-0.2, 0) is 6.61 Å². The molecule has 0 unspecified atom stereocenters. The SMILES string of the molecule is COc1cc(OC)cc(OCc2sccc2C#CCO)c1. The summed E-state index contributed by atoms with van der Waals surface area (Å²) in [5.74, 6) is 7.57. The Morgan fingerprint density at radius 2 is 1.76 bits per heavy atom. The zero-order chi connectivity index (χ0) is 15.1. The van der Waals surface area contributed by atoms with Crippen molar-refractivity contribution in [2.75, 3.05) is 20.8 Å². The summed E-state index contributed by atoms with van der Waals surface area (Å²) in [5, 5.41) is 10.7. The minimum atomic E-state index is -0.150. The van der Waals surface area contributed by atoms with Crippen LogP contribution in [0.3, 0.4) is 0 Å². The third kappa shape index (κ3) is 4.15. The summed E-state index contributed by atoms with van der Waals surface area (Å²) in [4.78, 5) is 1.01. The fourth-order valence-electron chi connectivity index (χ4n) is 1.71. The molecule has 2 aromatic rings. The van der Waals surface area contributed by atoms with Crippen LogP contribution < -0.4 is 14.2 Å². The molecule has 0 saturated carbocycles. The number of benzene rings is 1. The third-order valence-corrected chi connectivity index (χ3v) is 3.64. The molecule has 1 heterocycles. The van der Waals surface area contributed by atoms with Gasteiger partial charge in [-0.25, -0.2) is 0 Å². The molecule has 1 aromatic heterocycles. The van der Waals surface area contributed by atoms with Gasteiger partial charge in [-0.15, -0.1) is 11.3 Å². The molecule has 0 aliphatic rings. The second-order valence-electron chi connectivity index (χ2n) is 4.05. The molecule has 0 saturated heterocycles. The van der Waals surface area contributed by atoms with Crippen molar-refractivity contribution in [2.24, 2.45) is 0 Å². The summed E-state index contributed by atoms with van der Waals surface area (Å²) in [7, 11) is 3.20. The molecule has 0 spiro atoms. The van der Waals surface area contributed by atoms with E-state index in [4.69, 9.17) is 19.3 Å². The van der Waals surface area contributed by atoms with E-state index < -0.39 is 0 Å². The van der Waals surface area contributed by atoms with Crippen molar-refractivity contribution in [3.8, 4) is 29.1 Å². The van der Waals surface area contributed by atoms with Crippen LogP contribution in [0, 0.1) is 11.8 Å². The van der Waals surface area contributed by atoms with E-state index in [9.17, 15) is 0 Å². The van der Waals surface area contributed by atoms with E-state index in [0.717, 1.165) is 10.4 Å². The van der Waals surface area contributed by atoms with Crippen LogP contribution in [0.5, 0.6) is 17.2 Å². The molecule has 0 amide bonds. The van der Waals surface area contributed by atoms with Gasteiger partial charge in [-0.3, -0.25) is 0 Å². The molecule has 4 nitrogen and oxygen atoms in total. The molecule has 0 radical (unpaired) electrons. The van der Waals surface area contributed by atoms with Gasteiger partial charge in [-0.1, -0.05) is 11.8 Å². The molecule has 1 N–H and O–H groups in total. The van der Waals surface area contributed by atoms with E-state index in [2.05, 4.69) is 11.8 Å². The molecule has 110 valence electrons. The van der Waals surface area contributed by atoms with Crippen LogP contribution in [0.2, 0.25) is 0 Å². The third-order valence-electron chi connectivity index (χ3n) is 2.74. The lowest BCUT2D eigenvalue weighted by molar-refractivity contribution is 0.303. The Bertz CT molecular complexity index is 630. The quantitative estimate of drug-likeness (QED) is 0.863. The van der Waals surface area contributed by atoms with Crippen LogP contribution in [0.15, 0.2) is 29.6 Å². The average Bonchev–Trinajstić information content (AvgIpc) is 2.97. The van der Waals surface area contributed by atoms with E-state index in [0.29, 0.717) is 23.9 Å². The summed E-state index contributed by atoms with van der Waals surface area (Å²) < 4.78 is 16.2. The van der Waals surface area contributed by atoms with Gasteiger partial charge in [0.25, 0.3) is 0 Å². The van der Waals surface area contributed by atoms with Crippen molar-refractivity contribution in [3.05, 3.63) is 40.1 Å². The molecule has 0 fully saturated rings. The maximum Gasteiger partial charge on any atom is 0.127 e. The Labute approximate surface area is 127 Å². The van der Waals surface area contributed by atoms with Crippen molar-refractivity contribution in [1.29, 1.82) is 0 Å². The molecule has 5 heteroatoms. The molecule has 2 rings (SSSR count). The number of aliphatic hydroxyl groups excluding tert-OH is 1. The molecule has 0 atom stereocenters. The van der Waals surface area contributed by atoms with E-state index >= 15 is 0 Å². The number of hydrogen-bond donors (Lipinski definition) is 1. The molecule has 0 bridgehead atoms. The highest BCUT2D eigenvalue weighted by Crippen LogP contribution is 2.28. The topological polar surface area (TPSA) is 47.9 Å². The van der Waals surface area contributed by atoms with E-state index in [-0.39, 0.29) is 6.61 Å². The predicted molar refractivity (Wildman–Crippen MR) is 82.2 cm³/mol. The van der Waals surface area contributed by atoms with Crippen LogP contribution in [-0.4, -0.2) is 25.9 Å². The fraction of sp³-hybridized carbons (Fsp3) is 0.250. The molecular formula is C16H16O4S. The lowest BCUT2D eigenvalue weighted by Gasteiger charge is -2.09. The number of hydrogen-bond acceptors (Lipinski definition) is 5. The summed E-state index contributed by atoms with van der Waals surface area (Å²) >= 11 is 1.57.